The fraction of sp³-hybridized carbons (Fsp3) is 0.467. The topological polar surface area (TPSA) is 63.6 Å². The molecule has 3 aromatic heterocycles. The minimum atomic E-state index is -0.0922. The van der Waals surface area contributed by atoms with Crippen LogP contribution in [0.25, 0.3) is 16.4 Å². The van der Waals surface area contributed by atoms with Gasteiger partial charge < -0.3 is 9.52 Å². The number of rotatable bonds is 3. The Hall–Kier alpha value is -1.66. The van der Waals surface area contributed by atoms with Crippen LogP contribution < -0.4 is 0 Å². The maximum atomic E-state index is 9.69. The molecule has 3 heterocycles. The quantitative estimate of drug-likeness (QED) is 0.803. The molecule has 0 aliphatic heterocycles. The molecule has 3 aromatic rings. The molecule has 6 heteroatoms. The summed E-state index contributed by atoms with van der Waals surface area (Å²) >= 11 is 1.64. The predicted molar refractivity (Wildman–Crippen MR) is 80.3 cm³/mol. The highest BCUT2D eigenvalue weighted by atomic mass is 32.1. The van der Waals surface area contributed by atoms with E-state index in [2.05, 4.69) is 4.98 Å². The van der Waals surface area contributed by atoms with Gasteiger partial charge in [-0.3, -0.25) is 0 Å². The fourth-order valence-electron chi connectivity index (χ4n) is 3.07. The van der Waals surface area contributed by atoms with E-state index in [9.17, 15) is 5.11 Å². The maximum Gasteiger partial charge on any atom is 0.213 e. The van der Waals surface area contributed by atoms with Gasteiger partial charge in [0.15, 0.2) is 5.76 Å². The maximum absolute atomic E-state index is 9.69. The number of aliphatic hydroxyl groups excluding tert-OH is 1. The third kappa shape index (κ3) is 2.18. The standard InChI is InChI=1S/C15H17N3O2S/c19-9-11-13(12-7-4-8-20-12)16-15-18(11)17-14(21-15)10-5-2-1-3-6-10/h4,7-8,10,19H,1-3,5-6,9H2. The highest BCUT2D eigenvalue weighted by Gasteiger charge is 2.23. The third-order valence-electron chi connectivity index (χ3n) is 4.17. The first-order valence-electron chi connectivity index (χ1n) is 7.40. The normalized spacial score (nSPS) is 16.8. The van der Waals surface area contributed by atoms with Crippen molar-refractivity contribution >= 4 is 16.3 Å². The molecule has 5 nitrogen and oxygen atoms in total. The van der Waals surface area contributed by atoms with Crippen molar-refractivity contribution in [3.63, 3.8) is 0 Å². The van der Waals surface area contributed by atoms with Crippen LogP contribution in [0.2, 0.25) is 0 Å². The average Bonchev–Trinajstić information content (AvgIpc) is 3.22. The van der Waals surface area contributed by atoms with Crippen LogP contribution in [0.3, 0.4) is 0 Å². The van der Waals surface area contributed by atoms with Crippen molar-refractivity contribution in [1.29, 1.82) is 0 Å². The van der Waals surface area contributed by atoms with E-state index in [-0.39, 0.29) is 6.61 Å². The van der Waals surface area contributed by atoms with Gasteiger partial charge in [-0.15, -0.1) is 0 Å². The zero-order valence-electron chi connectivity index (χ0n) is 11.7. The van der Waals surface area contributed by atoms with E-state index >= 15 is 0 Å². The summed E-state index contributed by atoms with van der Waals surface area (Å²) in [6, 6.07) is 3.68. The van der Waals surface area contributed by atoms with Crippen molar-refractivity contribution in [2.75, 3.05) is 0 Å². The first kappa shape index (κ1) is 13.0. The number of hydrogen-bond acceptors (Lipinski definition) is 5. The second-order valence-corrected chi connectivity index (χ2v) is 6.50. The smallest absolute Gasteiger partial charge is 0.213 e. The molecule has 1 N–H and O–H groups in total. The zero-order chi connectivity index (χ0) is 14.2. The molecule has 0 bridgehead atoms. The molecule has 1 aliphatic rings. The van der Waals surface area contributed by atoms with E-state index in [1.807, 2.05) is 12.1 Å². The van der Waals surface area contributed by atoms with Crippen LogP contribution in [0.4, 0.5) is 0 Å². The van der Waals surface area contributed by atoms with Crippen LogP contribution in [-0.4, -0.2) is 19.7 Å². The molecule has 1 fully saturated rings. The molecule has 4 rings (SSSR count). The zero-order valence-corrected chi connectivity index (χ0v) is 12.5. The van der Waals surface area contributed by atoms with Gasteiger partial charge in [0.05, 0.1) is 12.9 Å². The summed E-state index contributed by atoms with van der Waals surface area (Å²) in [6.07, 6.45) is 7.97. The molecule has 110 valence electrons. The molecule has 21 heavy (non-hydrogen) atoms. The largest absolute Gasteiger partial charge is 0.463 e. The van der Waals surface area contributed by atoms with E-state index < -0.39 is 0 Å². The van der Waals surface area contributed by atoms with Gasteiger partial charge >= 0.3 is 0 Å². The lowest BCUT2D eigenvalue weighted by molar-refractivity contribution is 0.274. The summed E-state index contributed by atoms with van der Waals surface area (Å²) in [5.74, 6) is 1.24. The second kappa shape index (κ2) is 5.27. The van der Waals surface area contributed by atoms with Gasteiger partial charge in [0.2, 0.25) is 4.96 Å². The molecule has 0 aromatic carbocycles. The lowest BCUT2D eigenvalue weighted by Gasteiger charge is -2.18. The molecular formula is C15H17N3O2S. The van der Waals surface area contributed by atoms with Gasteiger partial charge in [-0.2, -0.15) is 5.10 Å². The molecule has 0 radical (unpaired) electrons. The van der Waals surface area contributed by atoms with Crippen LogP contribution >= 0.6 is 11.3 Å². The number of aliphatic hydroxyl groups is 1. The van der Waals surface area contributed by atoms with E-state index in [4.69, 9.17) is 9.52 Å². The average molecular weight is 303 g/mol. The van der Waals surface area contributed by atoms with Crippen LogP contribution in [0, 0.1) is 0 Å². The fourth-order valence-corrected chi connectivity index (χ4v) is 4.16. The highest BCUT2D eigenvalue weighted by molar-refractivity contribution is 7.16. The molecule has 1 saturated carbocycles. The Labute approximate surface area is 126 Å². The number of furan rings is 1. The summed E-state index contributed by atoms with van der Waals surface area (Å²) < 4.78 is 7.18. The van der Waals surface area contributed by atoms with Crippen molar-refractivity contribution in [1.82, 2.24) is 14.6 Å². The Morgan fingerprint density at radius 1 is 1.33 bits per heavy atom. The lowest BCUT2D eigenvalue weighted by Crippen LogP contribution is -2.05. The van der Waals surface area contributed by atoms with E-state index in [1.165, 1.54) is 32.1 Å². The second-order valence-electron chi connectivity index (χ2n) is 5.51. The van der Waals surface area contributed by atoms with Crippen LogP contribution in [0.15, 0.2) is 22.8 Å². The van der Waals surface area contributed by atoms with E-state index in [1.54, 1.807) is 22.1 Å². The Morgan fingerprint density at radius 3 is 2.90 bits per heavy atom. The van der Waals surface area contributed by atoms with Gasteiger partial charge in [0, 0.05) is 5.92 Å². The lowest BCUT2D eigenvalue weighted by atomic mass is 9.90. The third-order valence-corrected chi connectivity index (χ3v) is 5.24. The van der Waals surface area contributed by atoms with E-state index in [0.717, 1.165) is 9.97 Å². The van der Waals surface area contributed by atoms with Gasteiger partial charge in [-0.05, 0) is 25.0 Å². The summed E-state index contributed by atoms with van der Waals surface area (Å²) in [5.41, 5.74) is 1.40. The molecule has 0 amide bonds. The number of fused-ring (bicyclic) bond motifs is 1. The molecule has 0 atom stereocenters. The number of aromatic nitrogens is 3. The summed E-state index contributed by atoms with van der Waals surface area (Å²) in [5, 5.41) is 15.5. The highest BCUT2D eigenvalue weighted by Crippen LogP contribution is 2.36. The Bertz CT molecular complexity index is 738. The molecule has 0 spiro atoms. The summed E-state index contributed by atoms with van der Waals surface area (Å²) in [4.78, 5) is 5.45. The van der Waals surface area contributed by atoms with E-state index in [0.29, 0.717) is 23.1 Å². The number of imidazole rings is 1. The SMILES string of the molecule is OCc1c(-c2ccco2)nc2sc(C3CCCCC3)nn12. The Kier molecular flexibility index (Phi) is 3.27. The molecular weight excluding hydrogens is 286 g/mol. The van der Waals surface area contributed by atoms with Gasteiger partial charge in [0.25, 0.3) is 0 Å². The van der Waals surface area contributed by atoms with Gasteiger partial charge in [-0.1, -0.05) is 30.6 Å². The Morgan fingerprint density at radius 2 is 2.19 bits per heavy atom. The first-order chi connectivity index (χ1) is 10.4. The minimum absolute atomic E-state index is 0.0922. The number of nitrogens with zero attached hydrogens (tertiary/aromatic N) is 3. The summed E-state index contributed by atoms with van der Waals surface area (Å²) in [6.45, 7) is -0.0922. The molecule has 0 saturated heterocycles. The van der Waals surface area contributed by atoms with Crippen LogP contribution in [0.1, 0.15) is 48.7 Å². The van der Waals surface area contributed by atoms with Crippen LogP contribution in [-0.2, 0) is 6.61 Å². The monoisotopic (exact) mass is 303 g/mol. The minimum Gasteiger partial charge on any atom is -0.463 e. The van der Waals surface area contributed by atoms with Gasteiger partial charge in [0.1, 0.15) is 16.4 Å². The Balaban J connectivity index is 1.77. The predicted octanol–water partition coefficient (Wildman–Crippen LogP) is 3.59. The van der Waals surface area contributed by atoms with Crippen molar-refractivity contribution in [3.05, 3.63) is 29.1 Å². The van der Waals surface area contributed by atoms with Crippen molar-refractivity contribution < 1.29 is 9.52 Å². The van der Waals surface area contributed by atoms with Crippen molar-refractivity contribution in [2.45, 2.75) is 44.6 Å². The van der Waals surface area contributed by atoms with Gasteiger partial charge in [-0.25, -0.2) is 9.50 Å². The molecule has 1 aliphatic carbocycles. The molecule has 0 unspecified atom stereocenters. The summed E-state index contributed by atoms with van der Waals surface area (Å²) in [7, 11) is 0. The van der Waals surface area contributed by atoms with Crippen molar-refractivity contribution in [2.24, 2.45) is 0 Å². The number of hydrogen-bond donors (Lipinski definition) is 1. The first-order valence-corrected chi connectivity index (χ1v) is 8.21. The van der Waals surface area contributed by atoms with Crippen molar-refractivity contribution in [3.8, 4) is 11.5 Å². The van der Waals surface area contributed by atoms with Crippen LogP contribution in [0.5, 0.6) is 0 Å².